The van der Waals surface area contributed by atoms with Crippen LogP contribution in [0.25, 0.3) is 0 Å². The molecule has 0 bridgehead atoms. The summed E-state index contributed by atoms with van der Waals surface area (Å²) < 4.78 is 21.4. The summed E-state index contributed by atoms with van der Waals surface area (Å²) in [5.41, 5.74) is 0.768. The highest BCUT2D eigenvalue weighted by atomic mass is 16.7. The van der Waals surface area contributed by atoms with Gasteiger partial charge in [-0.25, -0.2) is 9.59 Å². The Labute approximate surface area is 141 Å². The van der Waals surface area contributed by atoms with Gasteiger partial charge in [0.05, 0.1) is 24.3 Å². The molecule has 1 aromatic rings. The molecule has 0 aromatic heterocycles. The van der Waals surface area contributed by atoms with Gasteiger partial charge in [-0.1, -0.05) is 0 Å². The third kappa shape index (κ3) is 4.55. The average Bonchev–Trinajstić information content (AvgIpc) is 2.63. The van der Waals surface area contributed by atoms with Crippen molar-refractivity contribution in [2.45, 2.75) is 51.1 Å². The summed E-state index contributed by atoms with van der Waals surface area (Å²) in [7, 11) is 0. The van der Waals surface area contributed by atoms with Crippen LogP contribution in [-0.4, -0.2) is 37.7 Å². The summed E-state index contributed by atoms with van der Waals surface area (Å²) >= 11 is 0. The van der Waals surface area contributed by atoms with E-state index in [-0.39, 0.29) is 0 Å². The SMILES string of the molecule is O=C(OC1CCCCO1)c1ccc(C(=O)OC2CCCCO2)cc1. The molecule has 6 heteroatoms. The van der Waals surface area contributed by atoms with Gasteiger partial charge in [0.1, 0.15) is 0 Å². The molecule has 2 unspecified atom stereocenters. The summed E-state index contributed by atoms with van der Waals surface area (Å²) in [5.74, 6) is -0.894. The first-order valence-corrected chi connectivity index (χ1v) is 8.47. The van der Waals surface area contributed by atoms with Crippen molar-refractivity contribution in [2.75, 3.05) is 13.2 Å². The molecule has 0 radical (unpaired) electrons. The predicted molar refractivity (Wildman–Crippen MR) is 84.5 cm³/mol. The third-order valence-corrected chi connectivity index (χ3v) is 4.11. The predicted octanol–water partition coefficient (Wildman–Crippen LogP) is 3.05. The van der Waals surface area contributed by atoms with Crippen molar-refractivity contribution >= 4 is 11.9 Å². The van der Waals surface area contributed by atoms with E-state index in [1.807, 2.05) is 0 Å². The van der Waals surface area contributed by atoms with Crippen LogP contribution in [0.1, 0.15) is 59.2 Å². The van der Waals surface area contributed by atoms with Crippen molar-refractivity contribution in [3.63, 3.8) is 0 Å². The third-order valence-electron chi connectivity index (χ3n) is 4.11. The normalized spacial score (nSPS) is 24.2. The van der Waals surface area contributed by atoms with Crippen molar-refractivity contribution in [3.8, 4) is 0 Å². The van der Waals surface area contributed by atoms with E-state index in [0.29, 0.717) is 24.3 Å². The van der Waals surface area contributed by atoms with Gasteiger partial charge in [0.25, 0.3) is 0 Å². The van der Waals surface area contributed by atoms with Crippen LogP contribution in [-0.2, 0) is 18.9 Å². The number of carbonyl (C=O) groups excluding carboxylic acids is 2. The topological polar surface area (TPSA) is 71.1 Å². The van der Waals surface area contributed by atoms with Crippen LogP contribution in [0.15, 0.2) is 24.3 Å². The lowest BCUT2D eigenvalue weighted by atomic mass is 10.1. The maximum atomic E-state index is 12.1. The van der Waals surface area contributed by atoms with Crippen LogP contribution in [0.5, 0.6) is 0 Å². The minimum absolute atomic E-state index is 0.384. The van der Waals surface area contributed by atoms with Gasteiger partial charge in [-0.2, -0.15) is 0 Å². The maximum Gasteiger partial charge on any atom is 0.340 e. The summed E-state index contributed by atoms with van der Waals surface area (Å²) in [4.78, 5) is 24.1. The maximum absolute atomic E-state index is 12.1. The van der Waals surface area contributed by atoms with E-state index in [9.17, 15) is 9.59 Å². The standard InChI is InChI=1S/C18H22O6/c19-17(23-15-5-1-3-11-21-15)13-7-9-14(10-8-13)18(20)24-16-6-2-4-12-22-16/h7-10,15-16H,1-6,11-12H2. The first kappa shape index (κ1) is 16.9. The van der Waals surface area contributed by atoms with E-state index < -0.39 is 24.5 Å². The Morgan fingerprint density at radius 1 is 0.750 bits per heavy atom. The van der Waals surface area contributed by atoms with Crippen LogP contribution in [0.2, 0.25) is 0 Å². The number of rotatable bonds is 4. The summed E-state index contributed by atoms with van der Waals surface area (Å²) in [6, 6.07) is 6.24. The molecule has 0 amide bonds. The average molecular weight is 334 g/mol. The molecule has 0 saturated carbocycles. The molecular weight excluding hydrogens is 312 g/mol. The van der Waals surface area contributed by atoms with Gasteiger partial charge < -0.3 is 18.9 Å². The first-order valence-electron chi connectivity index (χ1n) is 8.47. The molecule has 0 spiro atoms. The van der Waals surface area contributed by atoms with Crippen LogP contribution in [0, 0.1) is 0 Å². The quantitative estimate of drug-likeness (QED) is 0.788. The largest absolute Gasteiger partial charge is 0.432 e. The molecule has 2 aliphatic heterocycles. The molecular formula is C18H22O6. The van der Waals surface area contributed by atoms with E-state index in [1.165, 1.54) is 0 Å². The lowest BCUT2D eigenvalue weighted by Crippen LogP contribution is -2.26. The number of ether oxygens (including phenoxy) is 4. The molecule has 6 nitrogen and oxygen atoms in total. The van der Waals surface area contributed by atoms with E-state index in [1.54, 1.807) is 24.3 Å². The fourth-order valence-electron chi connectivity index (χ4n) is 2.73. The van der Waals surface area contributed by atoms with Gasteiger partial charge in [-0.05, 0) is 49.9 Å². The number of hydrogen-bond donors (Lipinski definition) is 0. The second-order valence-corrected chi connectivity index (χ2v) is 5.98. The molecule has 3 rings (SSSR count). The molecule has 2 atom stereocenters. The smallest absolute Gasteiger partial charge is 0.340 e. The number of benzene rings is 1. The zero-order valence-corrected chi connectivity index (χ0v) is 13.6. The summed E-state index contributed by atoms with van der Waals surface area (Å²) in [5, 5.41) is 0. The van der Waals surface area contributed by atoms with Crippen molar-refractivity contribution in [2.24, 2.45) is 0 Å². The van der Waals surface area contributed by atoms with E-state index in [2.05, 4.69) is 0 Å². The molecule has 0 aliphatic carbocycles. The first-order chi connectivity index (χ1) is 11.7. The Morgan fingerprint density at radius 2 is 1.17 bits per heavy atom. The van der Waals surface area contributed by atoms with Gasteiger partial charge >= 0.3 is 11.9 Å². The van der Waals surface area contributed by atoms with Crippen molar-refractivity contribution in [3.05, 3.63) is 35.4 Å². The van der Waals surface area contributed by atoms with Gasteiger partial charge in [0, 0.05) is 12.8 Å². The van der Waals surface area contributed by atoms with Crippen LogP contribution in [0.4, 0.5) is 0 Å². The Morgan fingerprint density at radius 3 is 1.50 bits per heavy atom. The van der Waals surface area contributed by atoms with Crippen molar-refractivity contribution in [1.82, 2.24) is 0 Å². The minimum atomic E-state index is -0.473. The Balaban J connectivity index is 1.53. The Bertz CT molecular complexity index is 504. The lowest BCUT2D eigenvalue weighted by molar-refractivity contribution is -0.131. The van der Waals surface area contributed by atoms with Gasteiger partial charge in [-0.15, -0.1) is 0 Å². The summed E-state index contributed by atoms with van der Waals surface area (Å²) in [6.45, 7) is 1.23. The number of hydrogen-bond acceptors (Lipinski definition) is 6. The molecule has 130 valence electrons. The van der Waals surface area contributed by atoms with E-state index in [4.69, 9.17) is 18.9 Å². The van der Waals surface area contributed by atoms with Crippen LogP contribution < -0.4 is 0 Å². The van der Waals surface area contributed by atoms with Crippen molar-refractivity contribution in [1.29, 1.82) is 0 Å². The Kier molecular flexibility index (Phi) is 5.82. The lowest BCUT2D eigenvalue weighted by Gasteiger charge is -2.22. The monoisotopic (exact) mass is 334 g/mol. The fourth-order valence-corrected chi connectivity index (χ4v) is 2.73. The van der Waals surface area contributed by atoms with Gasteiger partial charge in [0.15, 0.2) is 0 Å². The molecule has 0 N–H and O–H groups in total. The molecule has 2 heterocycles. The minimum Gasteiger partial charge on any atom is -0.432 e. The molecule has 1 aromatic carbocycles. The fraction of sp³-hybridized carbons (Fsp3) is 0.556. The highest BCUT2D eigenvalue weighted by Gasteiger charge is 2.21. The number of carbonyl (C=O) groups is 2. The van der Waals surface area contributed by atoms with E-state index in [0.717, 1.165) is 38.5 Å². The molecule has 2 aliphatic rings. The number of esters is 2. The van der Waals surface area contributed by atoms with Gasteiger partial charge in [-0.3, -0.25) is 0 Å². The highest BCUT2D eigenvalue weighted by molar-refractivity contribution is 5.93. The van der Waals surface area contributed by atoms with Crippen LogP contribution in [0.3, 0.4) is 0 Å². The second kappa shape index (κ2) is 8.26. The molecule has 2 saturated heterocycles. The Hall–Kier alpha value is -1.92. The zero-order valence-electron chi connectivity index (χ0n) is 13.6. The second-order valence-electron chi connectivity index (χ2n) is 5.98. The van der Waals surface area contributed by atoms with Gasteiger partial charge in [0.2, 0.25) is 12.6 Å². The summed E-state index contributed by atoms with van der Waals surface area (Å²) in [6.07, 6.45) is 4.47. The van der Waals surface area contributed by atoms with E-state index >= 15 is 0 Å². The zero-order chi connectivity index (χ0) is 16.8. The van der Waals surface area contributed by atoms with Crippen molar-refractivity contribution < 1.29 is 28.5 Å². The molecule has 2 fully saturated rings. The highest BCUT2D eigenvalue weighted by Crippen LogP contribution is 2.18. The van der Waals surface area contributed by atoms with Crippen LogP contribution >= 0.6 is 0 Å². The molecule has 24 heavy (non-hydrogen) atoms.